The van der Waals surface area contributed by atoms with Gasteiger partial charge in [-0.05, 0) is 43.9 Å². The molecule has 1 aliphatic rings. The molecule has 0 spiro atoms. The van der Waals surface area contributed by atoms with E-state index in [4.69, 9.17) is 11.5 Å². The van der Waals surface area contributed by atoms with E-state index in [0.717, 1.165) is 41.3 Å². The summed E-state index contributed by atoms with van der Waals surface area (Å²) in [6.45, 7) is 2.03. The molecular weight excluding hydrogens is 302 g/mol. The van der Waals surface area contributed by atoms with E-state index < -0.39 is 5.91 Å². The van der Waals surface area contributed by atoms with Gasteiger partial charge in [0.15, 0.2) is 0 Å². The van der Waals surface area contributed by atoms with Crippen LogP contribution in [0, 0.1) is 6.92 Å². The van der Waals surface area contributed by atoms with Crippen LogP contribution >= 0.6 is 0 Å². The van der Waals surface area contributed by atoms with Crippen molar-refractivity contribution < 1.29 is 4.79 Å². The second kappa shape index (κ2) is 5.33. The fourth-order valence-corrected chi connectivity index (χ4v) is 3.16. The van der Waals surface area contributed by atoms with Gasteiger partial charge in [0, 0.05) is 17.1 Å². The molecule has 6 nitrogen and oxygen atoms in total. The molecule has 0 unspecified atom stereocenters. The number of carbonyl (C=O) groups excluding carboxylic acids is 1. The summed E-state index contributed by atoms with van der Waals surface area (Å²) in [5.41, 5.74) is 15.3. The van der Waals surface area contributed by atoms with Crippen LogP contribution in [0.25, 0.3) is 22.2 Å². The Labute approximate surface area is 139 Å². The molecule has 6 heteroatoms. The van der Waals surface area contributed by atoms with Crippen LogP contribution in [0.1, 0.15) is 41.2 Å². The minimum atomic E-state index is -0.558. The highest BCUT2D eigenvalue weighted by molar-refractivity contribution is 6.03. The van der Waals surface area contributed by atoms with Crippen LogP contribution in [0.4, 0.5) is 5.82 Å². The second-order valence-corrected chi connectivity index (χ2v) is 6.42. The summed E-state index contributed by atoms with van der Waals surface area (Å²) in [5, 5.41) is 5.59. The topological polar surface area (TPSA) is 99.8 Å². The van der Waals surface area contributed by atoms with Gasteiger partial charge in [-0.15, -0.1) is 0 Å². The fraction of sp³-hybridized carbons (Fsp3) is 0.278. The van der Waals surface area contributed by atoms with Gasteiger partial charge in [-0.3, -0.25) is 9.78 Å². The third kappa shape index (κ3) is 2.22. The highest BCUT2D eigenvalue weighted by atomic mass is 16.1. The number of nitrogens with zero attached hydrogens (tertiary/aromatic N) is 3. The van der Waals surface area contributed by atoms with Crippen molar-refractivity contribution in [2.45, 2.75) is 32.2 Å². The second-order valence-electron chi connectivity index (χ2n) is 6.42. The summed E-state index contributed by atoms with van der Waals surface area (Å²) >= 11 is 0. The number of pyridine rings is 1. The van der Waals surface area contributed by atoms with Gasteiger partial charge in [-0.2, -0.15) is 5.10 Å². The van der Waals surface area contributed by atoms with E-state index in [1.165, 1.54) is 0 Å². The zero-order valence-electron chi connectivity index (χ0n) is 13.5. The van der Waals surface area contributed by atoms with Gasteiger partial charge in [0.05, 0.1) is 11.6 Å². The molecule has 0 atom stereocenters. The van der Waals surface area contributed by atoms with Gasteiger partial charge in [0.1, 0.15) is 17.1 Å². The number of carbonyl (C=O) groups is 1. The molecule has 122 valence electrons. The monoisotopic (exact) mass is 321 g/mol. The van der Waals surface area contributed by atoms with Gasteiger partial charge in [0.2, 0.25) is 0 Å². The Morgan fingerprint density at radius 3 is 2.75 bits per heavy atom. The van der Waals surface area contributed by atoms with E-state index in [9.17, 15) is 4.79 Å². The molecule has 0 radical (unpaired) electrons. The SMILES string of the molecule is Cc1ccc2cc(-c3nn(C4CCC4)c(N)c3C(N)=O)cnc2c1. The maximum Gasteiger partial charge on any atom is 0.254 e. The minimum absolute atomic E-state index is 0.257. The number of hydrogen-bond acceptors (Lipinski definition) is 4. The zero-order valence-corrected chi connectivity index (χ0v) is 13.5. The Morgan fingerprint density at radius 2 is 2.08 bits per heavy atom. The average molecular weight is 321 g/mol. The maximum absolute atomic E-state index is 11.9. The smallest absolute Gasteiger partial charge is 0.254 e. The number of rotatable bonds is 3. The fourth-order valence-electron chi connectivity index (χ4n) is 3.16. The number of fused-ring (bicyclic) bond motifs is 1. The number of aryl methyl sites for hydroxylation is 1. The van der Waals surface area contributed by atoms with Crippen LogP contribution in [0.5, 0.6) is 0 Å². The Bertz CT molecular complexity index is 955. The number of nitrogen functional groups attached to an aromatic ring is 1. The van der Waals surface area contributed by atoms with Crippen molar-refractivity contribution in [2.24, 2.45) is 5.73 Å². The summed E-state index contributed by atoms with van der Waals surface area (Å²) in [7, 11) is 0. The Hall–Kier alpha value is -2.89. The van der Waals surface area contributed by atoms with E-state index >= 15 is 0 Å². The molecule has 4 N–H and O–H groups in total. The predicted octanol–water partition coefficient (Wildman–Crippen LogP) is 2.81. The number of hydrogen-bond donors (Lipinski definition) is 2. The van der Waals surface area contributed by atoms with Crippen LogP contribution < -0.4 is 11.5 Å². The number of nitrogens with two attached hydrogens (primary N) is 2. The molecule has 4 rings (SSSR count). The lowest BCUT2D eigenvalue weighted by molar-refractivity contribution is 0.100. The van der Waals surface area contributed by atoms with Crippen molar-refractivity contribution in [3.8, 4) is 11.3 Å². The summed E-state index contributed by atoms with van der Waals surface area (Å²) in [5.74, 6) is -0.205. The van der Waals surface area contributed by atoms with Gasteiger partial charge in [0.25, 0.3) is 5.91 Å². The first-order chi connectivity index (χ1) is 11.5. The Balaban J connectivity index is 1.88. The van der Waals surface area contributed by atoms with E-state index in [0.29, 0.717) is 11.5 Å². The summed E-state index contributed by atoms with van der Waals surface area (Å²) < 4.78 is 1.75. The predicted molar refractivity (Wildman–Crippen MR) is 93.5 cm³/mol. The lowest BCUT2D eigenvalue weighted by atomic mass is 9.93. The molecule has 1 aromatic carbocycles. The van der Waals surface area contributed by atoms with Crippen LogP contribution in [-0.2, 0) is 0 Å². The lowest BCUT2D eigenvalue weighted by Crippen LogP contribution is -2.21. The van der Waals surface area contributed by atoms with Gasteiger partial charge in [-0.1, -0.05) is 12.1 Å². The Morgan fingerprint density at radius 1 is 1.29 bits per heavy atom. The van der Waals surface area contributed by atoms with Crippen molar-refractivity contribution in [1.29, 1.82) is 0 Å². The van der Waals surface area contributed by atoms with Crippen molar-refractivity contribution >= 4 is 22.6 Å². The van der Waals surface area contributed by atoms with Crippen molar-refractivity contribution in [2.75, 3.05) is 5.73 Å². The van der Waals surface area contributed by atoms with Crippen molar-refractivity contribution in [1.82, 2.24) is 14.8 Å². The number of anilines is 1. The van der Waals surface area contributed by atoms with Crippen molar-refractivity contribution in [3.05, 3.63) is 41.6 Å². The van der Waals surface area contributed by atoms with E-state index in [1.54, 1.807) is 10.9 Å². The summed E-state index contributed by atoms with van der Waals surface area (Å²) in [6.07, 6.45) is 4.93. The average Bonchev–Trinajstić information content (AvgIpc) is 2.83. The van der Waals surface area contributed by atoms with Crippen LogP contribution in [-0.4, -0.2) is 20.7 Å². The molecule has 1 amide bonds. The molecule has 0 aliphatic heterocycles. The molecule has 24 heavy (non-hydrogen) atoms. The molecule has 1 fully saturated rings. The molecular formula is C18H19N5O. The van der Waals surface area contributed by atoms with Crippen LogP contribution in [0.3, 0.4) is 0 Å². The molecule has 0 saturated heterocycles. The minimum Gasteiger partial charge on any atom is -0.383 e. The largest absolute Gasteiger partial charge is 0.383 e. The highest BCUT2D eigenvalue weighted by Crippen LogP contribution is 2.37. The summed E-state index contributed by atoms with van der Waals surface area (Å²) in [6, 6.07) is 8.30. The van der Waals surface area contributed by atoms with E-state index in [-0.39, 0.29) is 11.6 Å². The highest BCUT2D eigenvalue weighted by Gasteiger charge is 2.28. The van der Waals surface area contributed by atoms with E-state index in [2.05, 4.69) is 10.1 Å². The number of benzene rings is 1. The molecule has 0 bridgehead atoms. The van der Waals surface area contributed by atoms with E-state index in [1.807, 2.05) is 31.2 Å². The third-order valence-electron chi connectivity index (χ3n) is 4.73. The van der Waals surface area contributed by atoms with Gasteiger partial charge < -0.3 is 11.5 Å². The maximum atomic E-state index is 11.9. The van der Waals surface area contributed by atoms with Crippen LogP contribution in [0.2, 0.25) is 0 Å². The number of amides is 1. The summed E-state index contributed by atoms with van der Waals surface area (Å²) in [4.78, 5) is 16.4. The molecule has 3 aromatic rings. The molecule has 2 heterocycles. The Kier molecular flexibility index (Phi) is 3.26. The first kappa shape index (κ1) is 14.7. The van der Waals surface area contributed by atoms with Gasteiger partial charge >= 0.3 is 0 Å². The normalized spacial score (nSPS) is 14.7. The standard InChI is InChI=1S/C18H19N5O/c1-10-5-6-11-8-12(9-21-14(11)7-10)16-15(18(20)24)17(19)23(22-16)13-3-2-4-13/h5-9,13H,2-4,19H2,1H3,(H2,20,24). The molecule has 1 aliphatic carbocycles. The third-order valence-corrected chi connectivity index (χ3v) is 4.73. The van der Waals surface area contributed by atoms with Crippen LogP contribution in [0.15, 0.2) is 30.5 Å². The quantitative estimate of drug-likeness (QED) is 0.774. The molecule has 1 saturated carbocycles. The molecule has 2 aromatic heterocycles. The lowest BCUT2D eigenvalue weighted by Gasteiger charge is -2.26. The van der Waals surface area contributed by atoms with Crippen molar-refractivity contribution in [3.63, 3.8) is 0 Å². The zero-order chi connectivity index (χ0) is 16.8. The first-order valence-corrected chi connectivity index (χ1v) is 8.09. The number of primary amides is 1. The number of aromatic nitrogens is 3. The first-order valence-electron chi connectivity index (χ1n) is 8.09. The van der Waals surface area contributed by atoms with Gasteiger partial charge in [-0.25, -0.2) is 4.68 Å².